The second-order valence-electron chi connectivity index (χ2n) is 4.23. The van der Waals surface area contributed by atoms with Gasteiger partial charge >= 0.3 is 0 Å². The van der Waals surface area contributed by atoms with E-state index in [1.54, 1.807) is 24.5 Å². The Morgan fingerprint density at radius 2 is 2.28 bits per heavy atom. The summed E-state index contributed by atoms with van der Waals surface area (Å²) in [4.78, 5) is 6.38. The molecule has 0 amide bonds. The molecule has 0 unspecified atom stereocenters. The van der Waals surface area contributed by atoms with Crippen LogP contribution in [-0.2, 0) is 6.54 Å². The number of aliphatic hydroxyl groups excluding tert-OH is 1. The summed E-state index contributed by atoms with van der Waals surface area (Å²) in [7, 11) is 2.03. The highest BCUT2D eigenvalue weighted by Crippen LogP contribution is 2.23. The minimum absolute atomic E-state index is 0.516. The third-order valence-electron chi connectivity index (χ3n) is 2.68. The molecular formula is C13H15BrN2OS. The summed E-state index contributed by atoms with van der Waals surface area (Å²) in [6, 6.07) is 5.97. The fraction of sp³-hybridized carbons (Fsp3) is 0.308. The van der Waals surface area contributed by atoms with Gasteiger partial charge in [0.25, 0.3) is 0 Å². The molecule has 0 aliphatic carbocycles. The maximum absolute atomic E-state index is 9.41. The molecule has 1 atom stereocenters. The predicted molar refractivity (Wildman–Crippen MR) is 79.0 cm³/mol. The Bertz CT molecular complexity index is 510. The van der Waals surface area contributed by atoms with Crippen LogP contribution in [0.3, 0.4) is 0 Å². The van der Waals surface area contributed by atoms with Crippen LogP contribution in [0.1, 0.15) is 24.3 Å². The Hall–Kier alpha value is -0.910. The van der Waals surface area contributed by atoms with Crippen LogP contribution >= 0.6 is 27.3 Å². The number of nitrogens with zero attached hydrogens (tertiary/aromatic N) is 2. The molecule has 2 rings (SSSR count). The van der Waals surface area contributed by atoms with Gasteiger partial charge in [-0.05, 0) is 52.0 Å². The second-order valence-corrected chi connectivity index (χ2v) is 6.52. The van der Waals surface area contributed by atoms with E-state index in [1.165, 1.54) is 5.56 Å². The van der Waals surface area contributed by atoms with Crippen molar-refractivity contribution in [2.45, 2.75) is 19.6 Å². The van der Waals surface area contributed by atoms with E-state index in [9.17, 15) is 5.11 Å². The number of halogens is 1. The van der Waals surface area contributed by atoms with Crippen LogP contribution in [0.2, 0.25) is 0 Å². The van der Waals surface area contributed by atoms with Gasteiger partial charge in [-0.2, -0.15) is 0 Å². The minimum Gasteiger partial charge on any atom is -0.387 e. The number of thiophene rings is 1. The third kappa shape index (κ3) is 3.31. The highest BCUT2D eigenvalue weighted by atomic mass is 79.9. The largest absolute Gasteiger partial charge is 0.387 e. The quantitative estimate of drug-likeness (QED) is 0.932. The summed E-state index contributed by atoms with van der Waals surface area (Å²) in [5, 5.41) is 11.5. The van der Waals surface area contributed by atoms with Crippen LogP contribution in [0.4, 0.5) is 5.69 Å². The second kappa shape index (κ2) is 5.82. The lowest BCUT2D eigenvalue weighted by Crippen LogP contribution is -2.16. The summed E-state index contributed by atoms with van der Waals surface area (Å²) < 4.78 is 1.15. The summed E-state index contributed by atoms with van der Waals surface area (Å²) in [5.74, 6) is 0. The van der Waals surface area contributed by atoms with Gasteiger partial charge in [-0.15, -0.1) is 11.3 Å². The monoisotopic (exact) mass is 326 g/mol. The Morgan fingerprint density at radius 1 is 1.50 bits per heavy atom. The lowest BCUT2D eigenvalue weighted by Gasteiger charge is -2.18. The van der Waals surface area contributed by atoms with Crippen molar-refractivity contribution in [1.82, 2.24) is 4.98 Å². The van der Waals surface area contributed by atoms with Gasteiger partial charge < -0.3 is 10.0 Å². The normalized spacial score (nSPS) is 12.4. The molecule has 96 valence electrons. The summed E-state index contributed by atoms with van der Waals surface area (Å²) >= 11 is 5.15. The van der Waals surface area contributed by atoms with E-state index in [0.717, 1.165) is 16.0 Å². The van der Waals surface area contributed by atoms with E-state index in [1.807, 2.05) is 19.2 Å². The lowest BCUT2D eigenvalue weighted by atomic mass is 10.2. The first-order chi connectivity index (χ1) is 8.56. The molecule has 2 heterocycles. The van der Waals surface area contributed by atoms with Crippen molar-refractivity contribution in [1.29, 1.82) is 0 Å². The van der Waals surface area contributed by atoms with E-state index >= 15 is 0 Å². The standard InChI is InChI=1S/C13H15BrN2OS/c1-9(17)12-4-3-11(6-15-12)16(2)7-10-5-13(14)18-8-10/h3-6,8-9,17H,7H2,1-2H3/t9-/m0/s1. The van der Waals surface area contributed by atoms with Gasteiger partial charge in [-0.1, -0.05) is 0 Å². The van der Waals surface area contributed by atoms with Gasteiger partial charge in [0.1, 0.15) is 0 Å². The molecule has 3 nitrogen and oxygen atoms in total. The number of aliphatic hydroxyl groups is 1. The predicted octanol–water partition coefficient (Wildman–Crippen LogP) is 3.60. The van der Waals surface area contributed by atoms with Crippen LogP contribution in [0, 0.1) is 0 Å². The molecule has 0 saturated heterocycles. The maximum Gasteiger partial charge on any atom is 0.0931 e. The first-order valence-electron chi connectivity index (χ1n) is 5.64. The molecule has 0 spiro atoms. The molecule has 18 heavy (non-hydrogen) atoms. The van der Waals surface area contributed by atoms with Crippen LogP contribution in [0.15, 0.2) is 33.6 Å². The number of rotatable bonds is 4. The third-order valence-corrected chi connectivity index (χ3v) is 4.23. The summed E-state index contributed by atoms with van der Waals surface area (Å²) in [5.41, 5.74) is 3.01. The summed E-state index contributed by atoms with van der Waals surface area (Å²) in [6.45, 7) is 2.56. The average molecular weight is 327 g/mol. The van der Waals surface area contributed by atoms with Crippen molar-refractivity contribution >= 4 is 33.0 Å². The zero-order valence-corrected chi connectivity index (χ0v) is 12.7. The van der Waals surface area contributed by atoms with E-state index in [0.29, 0.717) is 5.69 Å². The highest BCUT2D eigenvalue weighted by molar-refractivity contribution is 9.11. The molecule has 0 bridgehead atoms. The van der Waals surface area contributed by atoms with Gasteiger partial charge in [-0.25, -0.2) is 0 Å². The molecule has 0 radical (unpaired) electrons. The molecule has 0 fully saturated rings. The lowest BCUT2D eigenvalue weighted by molar-refractivity contribution is 0.194. The van der Waals surface area contributed by atoms with Crippen molar-refractivity contribution in [2.75, 3.05) is 11.9 Å². The Kier molecular flexibility index (Phi) is 4.37. The van der Waals surface area contributed by atoms with Gasteiger partial charge in [0.05, 0.1) is 27.5 Å². The van der Waals surface area contributed by atoms with Crippen LogP contribution < -0.4 is 4.90 Å². The number of aromatic nitrogens is 1. The van der Waals surface area contributed by atoms with Crippen molar-refractivity contribution in [3.05, 3.63) is 44.8 Å². The smallest absolute Gasteiger partial charge is 0.0931 e. The fourth-order valence-corrected chi connectivity index (χ4v) is 2.86. The molecule has 0 aliphatic rings. The Balaban J connectivity index is 2.06. The van der Waals surface area contributed by atoms with Gasteiger partial charge in [0.15, 0.2) is 0 Å². The van der Waals surface area contributed by atoms with E-state index in [-0.39, 0.29) is 0 Å². The number of pyridine rings is 1. The van der Waals surface area contributed by atoms with E-state index in [4.69, 9.17) is 0 Å². The van der Waals surface area contributed by atoms with Gasteiger partial charge in [-0.3, -0.25) is 4.98 Å². The van der Waals surface area contributed by atoms with Crippen LogP contribution in [0.25, 0.3) is 0 Å². The molecule has 0 aromatic carbocycles. The Labute approximate surface area is 119 Å². The van der Waals surface area contributed by atoms with E-state index < -0.39 is 6.10 Å². The van der Waals surface area contributed by atoms with Gasteiger partial charge in [0.2, 0.25) is 0 Å². The van der Waals surface area contributed by atoms with Crippen molar-refractivity contribution in [3.63, 3.8) is 0 Å². The maximum atomic E-state index is 9.41. The first-order valence-corrected chi connectivity index (χ1v) is 7.31. The summed E-state index contributed by atoms with van der Waals surface area (Å²) in [6.07, 6.45) is 1.28. The van der Waals surface area contributed by atoms with Crippen LogP contribution in [0.5, 0.6) is 0 Å². The van der Waals surface area contributed by atoms with Gasteiger partial charge in [0, 0.05) is 13.6 Å². The fourth-order valence-electron chi connectivity index (χ4n) is 1.66. The minimum atomic E-state index is -0.516. The van der Waals surface area contributed by atoms with Crippen LogP contribution in [-0.4, -0.2) is 17.1 Å². The Morgan fingerprint density at radius 3 is 2.78 bits per heavy atom. The zero-order chi connectivity index (χ0) is 13.1. The number of hydrogen-bond acceptors (Lipinski definition) is 4. The molecular weight excluding hydrogens is 312 g/mol. The molecule has 2 aromatic heterocycles. The number of anilines is 1. The highest BCUT2D eigenvalue weighted by Gasteiger charge is 2.06. The number of hydrogen-bond donors (Lipinski definition) is 1. The molecule has 5 heteroatoms. The first kappa shape index (κ1) is 13.5. The topological polar surface area (TPSA) is 36.4 Å². The SMILES string of the molecule is C[C@H](O)c1ccc(N(C)Cc2csc(Br)c2)cn1. The van der Waals surface area contributed by atoms with Crippen molar-refractivity contribution < 1.29 is 5.11 Å². The van der Waals surface area contributed by atoms with E-state index in [2.05, 4.69) is 37.3 Å². The molecule has 0 saturated carbocycles. The zero-order valence-electron chi connectivity index (χ0n) is 10.3. The molecule has 1 N–H and O–H groups in total. The average Bonchev–Trinajstić information content (AvgIpc) is 2.75. The van der Waals surface area contributed by atoms with Crippen molar-refractivity contribution in [3.8, 4) is 0 Å². The van der Waals surface area contributed by atoms with Crippen molar-refractivity contribution in [2.24, 2.45) is 0 Å². The molecule has 0 aliphatic heterocycles. The molecule has 2 aromatic rings.